The van der Waals surface area contributed by atoms with E-state index in [1.165, 1.54) is 0 Å². The lowest BCUT2D eigenvalue weighted by atomic mass is 10.0. The molecule has 0 saturated heterocycles. The SMILES string of the molecule is CC(C)C(=O)C1CC1CO. The van der Waals surface area contributed by atoms with E-state index in [0.29, 0.717) is 5.78 Å². The lowest BCUT2D eigenvalue weighted by Crippen LogP contribution is -2.11. The highest BCUT2D eigenvalue weighted by atomic mass is 16.3. The summed E-state index contributed by atoms with van der Waals surface area (Å²) in [6.45, 7) is 4.01. The van der Waals surface area contributed by atoms with Crippen LogP contribution in [0.5, 0.6) is 0 Å². The number of hydrogen-bond donors (Lipinski definition) is 1. The van der Waals surface area contributed by atoms with Gasteiger partial charge < -0.3 is 5.11 Å². The normalized spacial score (nSPS) is 30.8. The molecule has 0 bridgehead atoms. The van der Waals surface area contributed by atoms with Gasteiger partial charge in [0.2, 0.25) is 0 Å². The summed E-state index contributed by atoms with van der Waals surface area (Å²) in [6.07, 6.45) is 0.910. The number of carbonyl (C=O) groups is 1. The summed E-state index contributed by atoms with van der Waals surface area (Å²) in [4.78, 5) is 11.2. The highest BCUT2D eigenvalue weighted by Crippen LogP contribution is 2.40. The number of aliphatic hydroxyl groups excluding tert-OH is 1. The molecule has 0 spiro atoms. The Labute approximate surface area is 61.2 Å². The third kappa shape index (κ3) is 1.37. The first-order valence-electron chi connectivity index (χ1n) is 3.81. The van der Waals surface area contributed by atoms with E-state index in [-0.39, 0.29) is 24.4 Å². The van der Waals surface area contributed by atoms with Crippen molar-refractivity contribution in [2.45, 2.75) is 20.3 Å². The van der Waals surface area contributed by atoms with E-state index >= 15 is 0 Å². The topological polar surface area (TPSA) is 37.3 Å². The summed E-state index contributed by atoms with van der Waals surface area (Å²) in [7, 11) is 0. The predicted octanol–water partition coefficient (Wildman–Crippen LogP) is 0.840. The van der Waals surface area contributed by atoms with Crippen LogP contribution in [0, 0.1) is 17.8 Å². The van der Waals surface area contributed by atoms with Crippen molar-refractivity contribution in [2.75, 3.05) is 6.61 Å². The molecule has 1 aliphatic carbocycles. The second-order valence-electron chi connectivity index (χ2n) is 3.34. The average Bonchev–Trinajstić information content (AvgIpc) is 2.64. The van der Waals surface area contributed by atoms with Crippen molar-refractivity contribution in [3.8, 4) is 0 Å². The highest BCUT2D eigenvalue weighted by Gasteiger charge is 2.42. The molecule has 2 nitrogen and oxygen atoms in total. The Bertz CT molecular complexity index is 140. The first kappa shape index (κ1) is 7.73. The lowest BCUT2D eigenvalue weighted by molar-refractivity contribution is -0.123. The van der Waals surface area contributed by atoms with Gasteiger partial charge in [0.05, 0.1) is 0 Å². The van der Waals surface area contributed by atoms with Crippen LogP contribution in [-0.4, -0.2) is 17.5 Å². The van der Waals surface area contributed by atoms with Crippen LogP contribution in [0.3, 0.4) is 0 Å². The number of aliphatic hydroxyl groups is 1. The molecule has 2 unspecified atom stereocenters. The molecule has 0 aromatic heterocycles. The van der Waals surface area contributed by atoms with Crippen LogP contribution in [0.25, 0.3) is 0 Å². The average molecular weight is 142 g/mol. The summed E-state index contributed by atoms with van der Waals surface area (Å²) in [6, 6.07) is 0. The molecule has 0 radical (unpaired) electrons. The Hall–Kier alpha value is -0.370. The van der Waals surface area contributed by atoms with Gasteiger partial charge in [-0.05, 0) is 12.3 Å². The van der Waals surface area contributed by atoms with Crippen LogP contribution >= 0.6 is 0 Å². The summed E-state index contributed by atoms with van der Waals surface area (Å²) in [5.74, 6) is 0.931. The zero-order valence-corrected chi connectivity index (χ0v) is 6.50. The first-order chi connectivity index (χ1) is 4.66. The molecular weight excluding hydrogens is 128 g/mol. The van der Waals surface area contributed by atoms with Crippen LogP contribution in [0.15, 0.2) is 0 Å². The zero-order valence-electron chi connectivity index (χ0n) is 6.50. The third-order valence-electron chi connectivity index (χ3n) is 2.09. The fraction of sp³-hybridized carbons (Fsp3) is 0.875. The number of rotatable bonds is 3. The smallest absolute Gasteiger partial charge is 0.138 e. The standard InChI is InChI=1S/C8H14O2/c1-5(2)8(10)7-3-6(7)4-9/h5-7,9H,3-4H2,1-2H3. The molecule has 58 valence electrons. The predicted molar refractivity (Wildman–Crippen MR) is 38.5 cm³/mol. The molecule has 0 aliphatic heterocycles. The molecule has 0 aromatic rings. The quantitative estimate of drug-likeness (QED) is 0.634. The molecule has 1 fully saturated rings. The molecule has 1 saturated carbocycles. The molecule has 1 N–H and O–H groups in total. The van der Waals surface area contributed by atoms with Crippen molar-refractivity contribution in [1.82, 2.24) is 0 Å². The van der Waals surface area contributed by atoms with Gasteiger partial charge in [-0.15, -0.1) is 0 Å². The second-order valence-corrected chi connectivity index (χ2v) is 3.34. The molecular formula is C8H14O2. The number of hydrogen-bond acceptors (Lipinski definition) is 2. The van der Waals surface area contributed by atoms with Gasteiger partial charge in [0.15, 0.2) is 0 Å². The molecule has 0 aromatic carbocycles. The van der Waals surface area contributed by atoms with Crippen LogP contribution in [0.2, 0.25) is 0 Å². The van der Waals surface area contributed by atoms with Crippen molar-refractivity contribution in [2.24, 2.45) is 17.8 Å². The maximum atomic E-state index is 11.2. The fourth-order valence-electron chi connectivity index (χ4n) is 1.23. The van der Waals surface area contributed by atoms with Gasteiger partial charge in [-0.1, -0.05) is 13.8 Å². The van der Waals surface area contributed by atoms with Gasteiger partial charge >= 0.3 is 0 Å². The van der Waals surface area contributed by atoms with Crippen LogP contribution in [0.1, 0.15) is 20.3 Å². The van der Waals surface area contributed by atoms with E-state index in [2.05, 4.69) is 0 Å². The number of Topliss-reactive ketones (excluding diaryl/α,β-unsaturated/α-hetero) is 1. The molecule has 1 rings (SSSR count). The fourth-order valence-corrected chi connectivity index (χ4v) is 1.23. The van der Waals surface area contributed by atoms with Crippen LogP contribution < -0.4 is 0 Å². The minimum atomic E-state index is 0.140. The summed E-state index contributed by atoms with van der Waals surface area (Å²) in [5.41, 5.74) is 0. The van der Waals surface area contributed by atoms with Crippen LogP contribution in [0.4, 0.5) is 0 Å². The Balaban J connectivity index is 2.33. The van der Waals surface area contributed by atoms with Crippen molar-refractivity contribution >= 4 is 5.78 Å². The Morgan fingerprint density at radius 3 is 2.60 bits per heavy atom. The van der Waals surface area contributed by atoms with Crippen molar-refractivity contribution in [3.05, 3.63) is 0 Å². The summed E-state index contributed by atoms with van der Waals surface area (Å²) < 4.78 is 0. The Kier molecular flexibility index (Phi) is 2.09. The Morgan fingerprint density at radius 1 is 1.70 bits per heavy atom. The molecule has 2 heteroatoms. The van der Waals surface area contributed by atoms with Gasteiger partial charge in [0.1, 0.15) is 5.78 Å². The van der Waals surface area contributed by atoms with E-state index in [1.807, 2.05) is 13.8 Å². The molecule has 0 heterocycles. The number of ketones is 1. The first-order valence-corrected chi connectivity index (χ1v) is 3.81. The maximum Gasteiger partial charge on any atom is 0.138 e. The minimum Gasteiger partial charge on any atom is -0.396 e. The largest absolute Gasteiger partial charge is 0.396 e. The molecule has 1 aliphatic rings. The Morgan fingerprint density at radius 2 is 2.30 bits per heavy atom. The van der Waals surface area contributed by atoms with Crippen molar-refractivity contribution < 1.29 is 9.90 Å². The van der Waals surface area contributed by atoms with E-state index in [9.17, 15) is 4.79 Å². The zero-order chi connectivity index (χ0) is 7.72. The van der Waals surface area contributed by atoms with Gasteiger partial charge in [0.25, 0.3) is 0 Å². The van der Waals surface area contributed by atoms with Gasteiger partial charge in [-0.3, -0.25) is 4.79 Å². The van der Waals surface area contributed by atoms with Gasteiger partial charge in [-0.2, -0.15) is 0 Å². The second kappa shape index (κ2) is 2.70. The van der Waals surface area contributed by atoms with Crippen molar-refractivity contribution in [1.29, 1.82) is 0 Å². The van der Waals surface area contributed by atoms with E-state index in [4.69, 9.17) is 5.11 Å². The maximum absolute atomic E-state index is 11.2. The van der Waals surface area contributed by atoms with E-state index < -0.39 is 0 Å². The molecule has 2 atom stereocenters. The summed E-state index contributed by atoms with van der Waals surface area (Å²) in [5, 5.41) is 8.65. The lowest BCUT2D eigenvalue weighted by Gasteiger charge is -2.00. The minimum absolute atomic E-state index is 0.140. The van der Waals surface area contributed by atoms with E-state index in [1.54, 1.807) is 0 Å². The molecule has 0 amide bonds. The summed E-state index contributed by atoms with van der Waals surface area (Å²) >= 11 is 0. The number of carbonyl (C=O) groups excluding carboxylic acids is 1. The molecule has 10 heavy (non-hydrogen) atoms. The highest BCUT2D eigenvalue weighted by molar-refractivity contribution is 5.85. The van der Waals surface area contributed by atoms with Crippen LogP contribution in [-0.2, 0) is 4.79 Å². The van der Waals surface area contributed by atoms with Gasteiger partial charge in [0, 0.05) is 18.4 Å². The van der Waals surface area contributed by atoms with E-state index in [0.717, 1.165) is 6.42 Å². The van der Waals surface area contributed by atoms with Gasteiger partial charge in [-0.25, -0.2) is 0 Å². The third-order valence-corrected chi connectivity index (χ3v) is 2.09. The monoisotopic (exact) mass is 142 g/mol. The van der Waals surface area contributed by atoms with Crippen molar-refractivity contribution in [3.63, 3.8) is 0 Å².